The lowest BCUT2D eigenvalue weighted by Crippen LogP contribution is -2.26. The van der Waals surface area contributed by atoms with Crippen LogP contribution in [0.15, 0.2) is 28.8 Å². The van der Waals surface area contributed by atoms with Gasteiger partial charge in [-0.2, -0.15) is 4.99 Å². The van der Waals surface area contributed by atoms with E-state index in [4.69, 9.17) is 4.52 Å². The molecule has 0 bridgehead atoms. The van der Waals surface area contributed by atoms with Crippen molar-refractivity contribution in [3.63, 3.8) is 0 Å². The molecule has 1 aromatic carbocycles. The predicted octanol–water partition coefficient (Wildman–Crippen LogP) is 6.61. The fraction of sp³-hybridized carbons (Fsp3) is 0.560. The molecule has 1 saturated heterocycles. The number of nitrogens with zero attached hydrogens (tertiary/aromatic N) is 2. The van der Waals surface area contributed by atoms with Crippen molar-refractivity contribution in [3.05, 3.63) is 40.7 Å². The number of rotatable bonds is 8. The van der Waals surface area contributed by atoms with Crippen molar-refractivity contribution >= 4 is 31.2 Å². The minimum atomic E-state index is -1.91. The normalized spacial score (nSPS) is 16.5. The summed E-state index contributed by atoms with van der Waals surface area (Å²) in [7, 11) is -1.91. The Morgan fingerprint density at radius 2 is 1.90 bits per heavy atom. The molecule has 1 aromatic rings. The first kappa shape index (κ1) is 27.3. The van der Waals surface area contributed by atoms with E-state index in [1.807, 2.05) is 27.7 Å². The number of hydrogen-bond acceptors (Lipinski definition) is 2. The lowest BCUT2D eigenvalue weighted by Gasteiger charge is -2.24. The maximum absolute atomic E-state index is 14.0. The van der Waals surface area contributed by atoms with Crippen LogP contribution < -0.4 is 0 Å². The van der Waals surface area contributed by atoms with Crippen molar-refractivity contribution in [2.24, 2.45) is 4.99 Å². The molecule has 4 nitrogen and oxygen atoms in total. The molecule has 1 aliphatic heterocycles. The summed E-state index contributed by atoms with van der Waals surface area (Å²) >= 11 is 0. The molecule has 1 atom stereocenters. The van der Waals surface area contributed by atoms with Crippen LogP contribution in [0.25, 0.3) is 6.08 Å². The number of aliphatic imine (C=N–C) groups is 1. The first-order valence-corrected chi connectivity index (χ1v) is 13.7. The van der Waals surface area contributed by atoms with Crippen LogP contribution in [0.3, 0.4) is 0 Å². The number of carbonyl (C=O) groups excluding carboxylic acids is 1. The average molecular weight is 451 g/mol. The molecule has 6 heteroatoms. The fourth-order valence-electron chi connectivity index (χ4n) is 3.67. The number of hydrogen-bond donors (Lipinski definition) is 0. The molecule has 1 heterocycles. The highest BCUT2D eigenvalue weighted by atomic mass is 31.2. The summed E-state index contributed by atoms with van der Waals surface area (Å²) in [6.45, 7) is 14.2. The van der Waals surface area contributed by atoms with E-state index in [1.165, 1.54) is 12.1 Å². The zero-order valence-corrected chi connectivity index (χ0v) is 21.1. The lowest BCUT2D eigenvalue weighted by molar-refractivity contribution is -0.114. The molecule has 0 aliphatic carbocycles. The molecule has 1 aliphatic rings. The Labute approximate surface area is 188 Å². The van der Waals surface area contributed by atoms with E-state index in [2.05, 4.69) is 23.1 Å². The van der Waals surface area contributed by atoms with E-state index in [0.29, 0.717) is 18.3 Å². The third kappa shape index (κ3) is 8.74. The number of amides is 1. The Bertz CT molecular complexity index is 817. The molecule has 0 N–H and O–H groups in total. The number of likely N-dealkylation sites (tertiary alicyclic amines) is 1. The van der Waals surface area contributed by atoms with E-state index >= 15 is 0 Å². The smallest absolute Gasteiger partial charge is 0.274 e. The first-order valence-electron chi connectivity index (χ1n) is 11.4. The standard InChI is InChI=1S/C23H34FN2O2P.C2H6/c1-6-14-29(5,28-7-2)17-21-16-22(24)11-10-20(21)15-18(3)23(27)25-19(4)26-12-8-9-13-26;1-2/h10-11,15-16H,5-9,12-14,17H2,1-4H3;1-2H3/b18-15+,25-19?;. The minimum absolute atomic E-state index is 0.251. The minimum Gasteiger partial charge on any atom is -0.362 e. The summed E-state index contributed by atoms with van der Waals surface area (Å²) in [6, 6.07) is 4.69. The Kier molecular flexibility index (Phi) is 12.0. The highest BCUT2D eigenvalue weighted by Gasteiger charge is 2.18. The van der Waals surface area contributed by atoms with Crippen molar-refractivity contribution in [3.8, 4) is 0 Å². The van der Waals surface area contributed by atoms with Crippen LogP contribution in [-0.2, 0) is 15.5 Å². The molecule has 0 aromatic heterocycles. The second-order valence-corrected chi connectivity index (χ2v) is 10.8. The molecular weight excluding hydrogens is 410 g/mol. The van der Waals surface area contributed by atoms with Gasteiger partial charge < -0.3 is 9.42 Å². The van der Waals surface area contributed by atoms with E-state index in [-0.39, 0.29) is 11.7 Å². The van der Waals surface area contributed by atoms with Crippen LogP contribution in [0, 0.1) is 5.82 Å². The van der Waals surface area contributed by atoms with Gasteiger partial charge in [-0.25, -0.2) is 4.39 Å². The molecule has 1 fully saturated rings. The van der Waals surface area contributed by atoms with Crippen molar-refractivity contribution in [1.82, 2.24) is 4.90 Å². The van der Waals surface area contributed by atoms with Crippen LogP contribution in [0.1, 0.15) is 71.9 Å². The van der Waals surface area contributed by atoms with Gasteiger partial charge in [0.05, 0.1) is 0 Å². The summed E-state index contributed by atoms with van der Waals surface area (Å²) in [5, 5.41) is 0. The Balaban J connectivity index is 0.00000233. The van der Waals surface area contributed by atoms with E-state index in [1.54, 1.807) is 19.1 Å². The molecule has 31 heavy (non-hydrogen) atoms. The predicted molar refractivity (Wildman–Crippen MR) is 135 cm³/mol. The Morgan fingerprint density at radius 1 is 1.26 bits per heavy atom. The average Bonchev–Trinajstić information content (AvgIpc) is 3.26. The van der Waals surface area contributed by atoms with Gasteiger partial charge in [0.25, 0.3) is 5.91 Å². The summed E-state index contributed by atoms with van der Waals surface area (Å²) in [6.07, 6.45) is 10.9. The third-order valence-electron chi connectivity index (χ3n) is 5.13. The maximum atomic E-state index is 14.0. The van der Waals surface area contributed by atoms with Crippen LogP contribution in [0.2, 0.25) is 0 Å². The molecule has 2 rings (SSSR count). The van der Waals surface area contributed by atoms with Crippen LogP contribution >= 0.6 is 7.11 Å². The van der Waals surface area contributed by atoms with Gasteiger partial charge in [0.2, 0.25) is 0 Å². The van der Waals surface area contributed by atoms with Gasteiger partial charge in [0, 0.05) is 38.5 Å². The van der Waals surface area contributed by atoms with Crippen molar-refractivity contribution in [2.75, 3.05) is 25.9 Å². The summed E-state index contributed by atoms with van der Waals surface area (Å²) in [5.74, 6) is 0.226. The lowest BCUT2D eigenvalue weighted by atomic mass is 10.1. The third-order valence-corrected chi connectivity index (χ3v) is 8.12. The molecule has 1 unspecified atom stereocenters. The maximum Gasteiger partial charge on any atom is 0.274 e. The van der Waals surface area contributed by atoms with Crippen LogP contribution in [-0.4, -0.2) is 48.8 Å². The largest absolute Gasteiger partial charge is 0.362 e. The van der Waals surface area contributed by atoms with E-state index in [9.17, 15) is 9.18 Å². The van der Waals surface area contributed by atoms with Gasteiger partial charge in [-0.05, 0) is 69.1 Å². The molecular formula is C25H40FN2O2P. The van der Waals surface area contributed by atoms with E-state index < -0.39 is 7.11 Å². The molecule has 0 spiro atoms. The molecule has 0 saturated carbocycles. The highest BCUT2D eigenvalue weighted by molar-refractivity contribution is 7.68. The second-order valence-electron chi connectivity index (χ2n) is 7.69. The highest BCUT2D eigenvalue weighted by Crippen LogP contribution is 2.50. The Hall–Kier alpha value is -1.71. The molecule has 1 amide bonds. The van der Waals surface area contributed by atoms with Crippen LogP contribution in [0.5, 0.6) is 0 Å². The zero-order valence-electron chi connectivity index (χ0n) is 20.2. The van der Waals surface area contributed by atoms with Crippen molar-refractivity contribution < 1.29 is 13.7 Å². The van der Waals surface area contributed by atoms with Gasteiger partial charge in [-0.3, -0.25) is 4.79 Å². The van der Waals surface area contributed by atoms with Gasteiger partial charge in [0.1, 0.15) is 11.7 Å². The molecule has 174 valence electrons. The number of benzene rings is 1. The first-order chi connectivity index (χ1) is 14.8. The van der Waals surface area contributed by atoms with Gasteiger partial charge in [-0.15, -0.1) is 0 Å². The number of carbonyl (C=O) groups is 1. The van der Waals surface area contributed by atoms with E-state index in [0.717, 1.165) is 55.5 Å². The van der Waals surface area contributed by atoms with Gasteiger partial charge >= 0.3 is 0 Å². The fourth-order valence-corrected chi connectivity index (χ4v) is 6.31. The zero-order chi connectivity index (χ0) is 23.4. The van der Waals surface area contributed by atoms with Crippen molar-refractivity contribution in [2.45, 2.75) is 67.0 Å². The summed E-state index contributed by atoms with van der Waals surface area (Å²) in [5.41, 5.74) is 2.20. The molecule has 0 radical (unpaired) electrons. The second kappa shape index (κ2) is 13.6. The Morgan fingerprint density at radius 3 is 2.48 bits per heavy atom. The number of amidine groups is 1. The van der Waals surface area contributed by atoms with Gasteiger partial charge in [0.15, 0.2) is 0 Å². The van der Waals surface area contributed by atoms with Gasteiger partial charge in [-0.1, -0.05) is 39.6 Å². The van der Waals surface area contributed by atoms with Crippen LogP contribution in [0.4, 0.5) is 4.39 Å². The summed E-state index contributed by atoms with van der Waals surface area (Å²) < 4.78 is 20.0. The monoisotopic (exact) mass is 450 g/mol. The van der Waals surface area contributed by atoms with Crippen molar-refractivity contribution in [1.29, 1.82) is 0 Å². The number of halogens is 1. The summed E-state index contributed by atoms with van der Waals surface area (Å²) in [4.78, 5) is 19.0. The SMILES string of the molecule is C=P(CCC)(Cc1cc(F)ccc1/C=C(\C)C(=O)N=C(C)N1CCCC1)OCC.CC. The topological polar surface area (TPSA) is 41.9 Å². The quantitative estimate of drug-likeness (QED) is 0.194.